The van der Waals surface area contributed by atoms with E-state index in [0.29, 0.717) is 35.4 Å². The fourth-order valence-electron chi connectivity index (χ4n) is 3.33. The topological polar surface area (TPSA) is 111 Å². The van der Waals surface area contributed by atoms with Crippen LogP contribution in [-0.2, 0) is 11.4 Å². The van der Waals surface area contributed by atoms with Crippen LogP contribution in [0.3, 0.4) is 0 Å². The molecule has 0 saturated carbocycles. The number of rotatable bonds is 8. The van der Waals surface area contributed by atoms with Gasteiger partial charge in [-0.25, -0.2) is 4.98 Å². The SMILES string of the molecule is COc1cccc(COc2nc(N3CCN(C)C(=O)C3)ncc2Sc2ccc(C(N)=O)cc2)c1. The van der Waals surface area contributed by atoms with Crippen molar-refractivity contribution in [3.8, 4) is 11.6 Å². The smallest absolute Gasteiger partial charge is 0.248 e. The zero-order valence-electron chi connectivity index (χ0n) is 18.9. The van der Waals surface area contributed by atoms with E-state index >= 15 is 0 Å². The minimum absolute atomic E-state index is 0.0155. The summed E-state index contributed by atoms with van der Waals surface area (Å²) in [5, 5.41) is 0. The fourth-order valence-corrected chi connectivity index (χ4v) is 4.15. The van der Waals surface area contributed by atoms with E-state index in [0.717, 1.165) is 16.2 Å². The quantitative estimate of drug-likeness (QED) is 0.525. The van der Waals surface area contributed by atoms with Crippen molar-refractivity contribution in [2.24, 2.45) is 5.73 Å². The van der Waals surface area contributed by atoms with Crippen molar-refractivity contribution in [2.75, 3.05) is 38.7 Å². The Hall–Kier alpha value is -3.79. The molecule has 1 aliphatic heterocycles. The van der Waals surface area contributed by atoms with Gasteiger partial charge in [-0.2, -0.15) is 4.98 Å². The van der Waals surface area contributed by atoms with Gasteiger partial charge in [-0.15, -0.1) is 0 Å². The van der Waals surface area contributed by atoms with Crippen LogP contribution >= 0.6 is 11.8 Å². The first kappa shape index (κ1) is 23.4. The van der Waals surface area contributed by atoms with Gasteiger partial charge in [0.1, 0.15) is 12.4 Å². The van der Waals surface area contributed by atoms with E-state index in [2.05, 4.69) is 9.97 Å². The number of primary amides is 1. The normalized spacial score (nSPS) is 13.6. The molecule has 9 nitrogen and oxygen atoms in total. The summed E-state index contributed by atoms with van der Waals surface area (Å²) in [4.78, 5) is 37.8. The van der Waals surface area contributed by atoms with E-state index in [1.165, 1.54) is 11.8 Å². The van der Waals surface area contributed by atoms with Crippen molar-refractivity contribution < 1.29 is 19.1 Å². The zero-order chi connectivity index (χ0) is 24.1. The summed E-state index contributed by atoms with van der Waals surface area (Å²) >= 11 is 1.41. The van der Waals surface area contributed by atoms with E-state index in [4.69, 9.17) is 15.2 Å². The molecular weight excluding hydrogens is 454 g/mol. The highest BCUT2D eigenvalue weighted by atomic mass is 32.2. The van der Waals surface area contributed by atoms with Crippen LogP contribution < -0.4 is 20.1 Å². The van der Waals surface area contributed by atoms with E-state index in [-0.39, 0.29) is 19.1 Å². The van der Waals surface area contributed by atoms with Crippen LogP contribution in [0.5, 0.6) is 11.6 Å². The second-order valence-corrected chi connectivity index (χ2v) is 8.82. The number of piperazine rings is 1. The molecule has 4 rings (SSSR count). The standard InChI is InChI=1S/C24H25N5O4S/c1-28-10-11-29(14-21(28)30)24-26-13-20(34-19-8-6-17(7-9-19)22(25)31)23(27-24)33-15-16-4-3-5-18(12-16)32-2/h3-9,12-13H,10-11,14-15H2,1-2H3,(H2,25,31). The van der Waals surface area contributed by atoms with Crippen LogP contribution in [0.15, 0.2) is 64.5 Å². The van der Waals surface area contributed by atoms with Crippen molar-refractivity contribution in [1.29, 1.82) is 0 Å². The second-order valence-electron chi connectivity index (χ2n) is 7.71. The lowest BCUT2D eigenvalue weighted by molar-refractivity contribution is -0.129. The van der Waals surface area contributed by atoms with Gasteiger partial charge in [-0.05, 0) is 42.0 Å². The van der Waals surface area contributed by atoms with Crippen LogP contribution in [0.2, 0.25) is 0 Å². The van der Waals surface area contributed by atoms with Gasteiger partial charge in [0.25, 0.3) is 0 Å². The van der Waals surface area contributed by atoms with Gasteiger partial charge in [0.2, 0.25) is 23.6 Å². The van der Waals surface area contributed by atoms with Crippen molar-refractivity contribution in [2.45, 2.75) is 16.4 Å². The van der Waals surface area contributed by atoms with Gasteiger partial charge >= 0.3 is 0 Å². The van der Waals surface area contributed by atoms with Crippen LogP contribution in [0.25, 0.3) is 0 Å². The molecule has 1 fully saturated rings. The molecule has 1 aromatic heterocycles. The lowest BCUT2D eigenvalue weighted by Gasteiger charge is -2.32. The predicted molar refractivity (Wildman–Crippen MR) is 128 cm³/mol. The summed E-state index contributed by atoms with van der Waals surface area (Å²) in [6.45, 7) is 1.74. The Balaban J connectivity index is 1.59. The fraction of sp³-hybridized carbons (Fsp3) is 0.250. The number of ether oxygens (including phenoxy) is 2. The van der Waals surface area contributed by atoms with E-state index in [9.17, 15) is 9.59 Å². The minimum atomic E-state index is -0.478. The number of carbonyl (C=O) groups excluding carboxylic acids is 2. The maximum absolute atomic E-state index is 12.2. The zero-order valence-corrected chi connectivity index (χ0v) is 19.7. The number of benzene rings is 2. The molecule has 34 heavy (non-hydrogen) atoms. The molecule has 3 aromatic rings. The van der Waals surface area contributed by atoms with Crippen LogP contribution in [0.1, 0.15) is 15.9 Å². The Morgan fingerprint density at radius 2 is 1.97 bits per heavy atom. The van der Waals surface area contributed by atoms with Crippen molar-refractivity contribution >= 4 is 29.5 Å². The first-order valence-electron chi connectivity index (χ1n) is 10.6. The summed E-state index contributed by atoms with van der Waals surface area (Å²) < 4.78 is 11.4. The van der Waals surface area contributed by atoms with Gasteiger partial charge in [-0.3, -0.25) is 9.59 Å². The van der Waals surface area contributed by atoms with Gasteiger partial charge in [0, 0.05) is 30.6 Å². The van der Waals surface area contributed by atoms with Gasteiger partial charge in [0.05, 0.1) is 24.7 Å². The highest BCUT2D eigenvalue weighted by molar-refractivity contribution is 7.99. The summed E-state index contributed by atoms with van der Waals surface area (Å²) in [5.74, 6) is 1.12. The number of carbonyl (C=O) groups is 2. The third kappa shape index (κ3) is 5.57. The molecule has 2 aromatic carbocycles. The number of anilines is 1. The molecule has 1 saturated heterocycles. The maximum atomic E-state index is 12.2. The van der Waals surface area contributed by atoms with Crippen molar-refractivity contribution in [1.82, 2.24) is 14.9 Å². The number of methoxy groups -OCH3 is 1. The molecule has 0 unspecified atom stereocenters. The Morgan fingerprint density at radius 3 is 2.68 bits per heavy atom. The molecular formula is C24H25N5O4S. The van der Waals surface area contributed by atoms with Crippen LogP contribution in [-0.4, -0.2) is 60.5 Å². The Labute approximate surface area is 201 Å². The number of likely N-dealkylation sites (N-methyl/N-ethyl adjacent to an activating group) is 1. The maximum Gasteiger partial charge on any atom is 0.248 e. The van der Waals surface area contributed by atoms with E-state index < -0.39 is 5.91 Å². The Morgan fingerprint density at radius 1 is 1.18 bits per heavy atom. The minimum Gasteiger partial charge on any atom is -0.497 e. The average molecular weight is 480 g/mol. The molecule has 0 radical (unpaired) electrons. The third-order valence-corrected chi connectivity index (χ3v) is 6.33. The summed E-state index contributed by atoms with van der Waals surface area (Å²) in [7, 11) is 3.40. The molecule has 10 heteroatoms. The molecule has 2 N–H and O–H groups in total. The van der Waals surface area contributed by atoms with Crippen LogP contribution in [0.4, 0.5) is 5.95 Å². The predicted octanol–water partition coefficient (Wildman–Crippen LogP) is 2.59. The molecule has 0 bridgehead atoms. The van der Waals surface area contributed by atoms with Gasteiger partial charge in [0.15, 0.2) is 0 Å². The highest BCUT2D eigenvalue weighted by Crippen LogP contribution is 2.35. The lowest BCUT2D eigenvalue weighted by Crippen LogP contribution is -2.49. The third-order valence-electron chi connectivity index (χ3n) is 5.33. The molecule has 2 amide bonds. The average Bonchev–Trinajstić information content (AvgIpc) is 2.85. The van der Waals surface area contributed by atoms with Crippen LogP contribution in [0, 0.1) is 0 Å². The molecule has 176 valence electrons. The molecule has 1 aliphatic rings. The largest absolute Gasteiger partial charge is 0.497 e. The number of hydrogen-bond acceptors (Lipinski definition) is 8. The highest BCUT2D eigenvalue weighted by Gasteiger charge is 2.24. The van der Waals surface area contributed by atoms with Gasteiger partial charge in [-0.1, -0.05) is 23.9 Å². The Bertz CT molecular complexity index is 1190. The molecule has 0 atom stereocenters. The Kier molecular flexibility index (Phi) is 7.17. The van der Waals surface area contributed by atoms with Crippen molar-refractivity contribution in [3.63, 3.8) is 0 Å². The van der Waals surface area contributed by atoms with E-state index in [1.54, 1.807) is 37.4 Å². The number of nitrogens with zero attached hydrogens (tertiary/aromatic N) is 4. The number of amides is 2. The first-order chi connectivity index (χ1) is 16.4. The molecule has 0 spiro atoms. The molecule has 2 heterocycles. The number of nitrogens with two attached hydrogens (primary N) is 1. The van der Waals surface area contributed by atoms with Gasteiger partial charge < -0.3 is 25.0 Å². The summed E-state index contributed by atoms with van der Waals surface area (Å²) in [6, 6.07) is 14.6. The van der Waals surface area contributed by atoms with Crippen molar-refractivity contribution in [3.05, 3.63) is 65.9 Å². The number of hydrogen-bond donors (Lipinski definition) is 1. The lowest BCUT2D eigenvalue weighted by atomic mass is 10.2. The summed E-state index contributed by atoms with van der Waals surface area (Å²) in [6.07, 6.45) is 1.69. The first-order valence-corrected chi connectivity index (χ1v) is 11.4. The summed E-state index contributed by atoms with van der Waals surface area (Å²) in [5.41, 5.74) is 6.70. The number of aromatic nitrogens is 2. The molecule has 0 aliphatic carbocycles. The second kappa shape index (κ2) is 10.4. The monoisotopic (exact) mass is 479 g/mol. The van der Waals surface area contributed by atoms with E-state index in [1.807, 2.05) is 41.3 Å².